The molecule has 10 heteroatoms. The molecule has 0 unspecified atom stereocenters. The molecule has 4 rings (SSSR count). The first kappa shape index (κ1) is 17.4. The van der Waals surface area contributed by atoms with Gasteiger partial charge >= 0.3 is 0 Å². The van der Waals surface area contributed by atoms with Crippen LogP contribution in [0, 0.1) is 5.82 Å². The van der Waals surface area contributed by atoms with Crippen molar-refractivity contribution in [2.75, 3.05) is 4.72 Å². The highest BCUT2D eigenvalue weighted by Gasteiger charge is 2.26. The van der Waals surface area contributed by atoms with Crippen molar-refractivity contribution in [2.45, 2.75) is 29.4 Å². The van der Waals surface area contributed by atoms with Gasteiger partial charge < -0.3 is 4.52 Å². The summed E-state index contributed by atoms with van der Waals surface area (Å²) in [6.45, 7) is 0. The van der Waals surface area contributed by atoms with Gasteiger partial charge in [-0.15, -0.1) is 11.3 Å². The molecule has 136 valence electrons. The molecule has 3 aromatic rings. The fourth-order valence-corrected chi connectivity index (χ4v) is 4.90. The fraction of sp³-hybridized carbons (Fsp3) is 0.250. The lowest BCUT2D eigenvalue weighted by Crippen LogP contribution is -2.11. The van der Waals surface area contributed by atoms with E-state index in [0.29, 0.717) is 23.2 Å². The average Bonchev–Trinajstić information content (AvgIpc) is 3.18. The molecule has 0 atom stereocenters. The Morgan fingerprint density at radius 2 is 2.12 bits per heavy atom. The number of benzene rings is 1. The second-order valence-corrected chi connectivity index (χ2v) is 9.20. The normalized spacial score (nSPS) is 15.0. The lowest BCUT2D eigenvalue weighted by molar-refractivity contribution is 0.292. The van der Waals surface area contributed by atoms with Crippen molar-refractivity contribution < 1.29 is 17.3 Å². The molecule has 1 aliphatic carbocycles. The molecule has 1 fully saturated rings. The summed E-state index contributed by atoms with van der Waals surface area (Å²) in [7, 11) is -3.83. The SMILES string of the molecule is O=S(=O)(Nc1ccc(F)c(Cl)c1)c1cc(-c2noc(C3CCC3)n2)cs1. The van der Waals surface area contributed by atoms with E-state index in [4.69, 9.17) is 16.1 Å². The van der Waals surface area contributed by atoms with Gasteiger partial charge in [0.15, 0.2) is 0 Å². The number of nitrogens with zero attached hydrogens (tertiary/aromatic N) is 2. The lowest BCUT2D eigenvalue weighted by Gasteiger charge is -2.20. The third kappa shape index (κ3) is 3.34. The number of thiophene rings is 1. The van der Waals surface area contributed by atoms with Gasteiger partial charge in [-0.2, -0.15) is 4.98 Å². The van der Waals surface area contributed by atoms with Gasteiger partial charge in [-0.25, -0.2) is 12.8 Å². The van der Waals surface area contributed by atoms with Crippen molar-refractivity contribution in [1.29, 1.82) is 0 Å². The van der Waals surface area contributed by atoms with Crippen LogP contribution in [-0.4, -0.2) is 18.6 Å². The van der Waals surface area contributed by atoms with Crippen molar-refractivity contribution in [3.63, 3.8) is 0 Å². The zero-order valence-corrected chi connectivity index (χ0v) is 15.7. The van der Waals surface area contributed by atoms with Crippen LogP contribution < -0.4 is 4.72 Å². The summed E-state index contributed by atoms with van der Waals surface area (Å²) in [5, 5.41) is 5.43. The molecule has 1 aliphatic rings. The van der Waals surface area contributed by atoms with Gasteiger partial charge in [-0.3, -0.25) is 4.72 Å². The number of rotatable bonds is 5. The van der Waals surface area contributed by atoms with Crippen LogP contribution in [0.15, 0.2) is 38.4 Å². The van der Waals surface area contributed by atoms with E-state index in [-0.39, 0.29) is 14.9 Å². The molecule has 2 heterocycles. The second kappa shape index (κ2) is 6.64. The van der Waals surface area contributed by atoms with Crippen molar-refractivity contribution in [2.24, 2.45) is 0 Å². The number of hydrogen-bond acceptors (Lipinski definition) is 6. The monoisotopic (exact) mass is 413 g/mol. The highest BCUT2D eigenvalue weighted by Crippen LogP contribution is 2.36. The topological polar surface area (TPSA) is 85.1 Å². The molecule has 0 spiro atoms. The van der Waals surface area contributed by atoms with Gasteiger partial charge in [0.1, 0.15) is 10.0 Å². The summed E-state index contributed by atoms with van der Waals surface area (Å²) >= 11 is 6.72. The Labute approximate surface area is 158 Å². The average molecular weight is 414 g/mol. The summed E-state index contributed by atoms with van der Waals surface area (Å²) in [4.78, 5) is 4.36. The largest absolute Gasteiger partial charge is 0.339 e. The van der Waals surface area contributed by atoms with E-state index in [9.17, 15) is 12.8 Å². The van der Waals surface area contributed by atoms with Crippen LogP contribution in [0.4, 0.5) is 10.1 Å². The minimum Gasteiger partial charge on any atom is -0.339 e. The van der Waals surface area contributed by atoms with Crippen molar-refractivity contribution in [1.82, 2.24) is 10.1 Å². The summed E-state index contributed by atoms with van der Waals surface area (Å²) in [6.07, 6.45) is 3.23. The number of halogens is 2. The Bertz CT molecular complexity index is 1060. The van der Waals surface area contributed by atoms with Crippen LogP contribution >= 0.6 is 22.9 Å². The van der Waals surface area contributed by atoms with Gasteiger partial charge in [0.25, 0.3) is 10.0 Å². The molecule has 2 aromatic heterocycles. The molecule has 1 aromatic carbocycles. The lowest BCUT2D eigenvalue weighted by atomic mass is 9.85. The van der Waals surface area contributed by atoms with E-state index in [1.807, 2.05) is 0 Å². The van der Waals surface area contributed by atoms with Crippen molar-refractivity contribution in [3.05, 3.63) is 46.4 Å². The van der Waals surface area contributed by atoms with Crippen LogP contribution in [0.2, 0.25) is 5.02 Å². The number of aromatic nitrogens is 2. The molecule has 0 amide bonds. The molecule has 0 saturated heterocycles. The van der Waals surface area contributed by atoms with Crippen LogP contribution in [0.25, 0.3) is 11.4 Å². The van der Waals surface area contributed by atoms with E-state index in [2.05, 4.69) is 14.9 Å². The maximum atomic E-state index is 13.2. The van der Waals surface area contributed by atoms with Crippen LogP contribution in [-0.2, 0) is 10.0 Å². The van der Waals surface area contributed by atoms with Crippen molar-refractivity contribution >= 4 is 38.6 Å². The Balaban J connectivity index is 1.56. The number of anilines is 1. The molecule has 1 N–H and O–H groups in total. The Morgan fingerprint density at radius 1 is 1.31 bits per heavy atom. The first-order valence-corrected chi connectivity index (χ1v) is 10.6. The molecule has 0 aliphatic heterocycles. The van der Waals surface area contributed by atoms with E-state index >= 15 is 0 Å². The molecule has 1 saturated carbocycles. The van der Waals surface area contributed by atoms with E-state index in [0.717, 1.165) is 36.7 Å². The van der Waals surface area contributed by atoms with Crippen LogP contribution in [0.1, 0.15) is 31.1 Å². The van der Waals surface area contributed by atoms with Crippen LogP contribution in [0.5, 0.6) is 0 Å². The third-order valence-electron chi connectivity index (χ3n) is 4.17. The predicted molar refractivity (Wildman–Crippen MR) is 96.4 cm³/mol. The molecule has 0 bridgehead atoms. The Morgan fingerprint density at radius 3 is 2.81 bits per heavy atom. The summed E-state index contributed by atoms with van der Waals surface area (Å²) < 4.78 is 46.0. The summed E-state index contributed by atoms with van der Waals surface area (Å²) in [5.74, 6) is 0.658. The van der Waals surface area contributed by atoms with Gasteiger partial charge in [0.2, 0.25) is 11.7 Å². The van der Waals surface area contributed by atoms with Gasteiger partial charge in [-0.05, 0) is 37.1 Å². The van der Waals surface area contributed by atoms with Gasteiger partial charge in [0.05, 0.1) is 10.7 Å². The molecular formula is C16H13ClFN3O3S2. The predicted octanol–water partition coefficient (Wildman–Crippen LogP) is 4.66. The van der Waals surface area contributed by atoms with E-state index in [1.165, 1.54) is 18.2 Å². The zero-order chi connectivity index (χ0) is 18.3. The fourth-order valence-electron chi connectivity index (χ4n) is 2.51. The minimum absolute atomic E-state index is 0.0861. The maximum absolute atomic E-state index is 13.2. The molecular weight excluding hydrogens is 401 g/mol. The van der Waals surface area contributed by atoms with E-state index in [1.54, 1.807) is 5.38 Å². The first-order valence-electron chi connectivity index (χ1n) is 7.83. The second-order valence-electron chi connectivity index (χ2n) is 5.97. The highest BCUT2D eigenvalue weighted by molar-refractivity contribution is 7.94. The number of nitrogens with one attached hydrogen (secondary N) is 1. The highest BCUT2D eigenvalue weighted by atomic mass is 35.5. The van der Waals surface area contributed by atoms with Gasteiger partial charge in [0, 0.05) is 16.9 Å². The smallest absolute Gasteiger partial charge is 0.271 e. The van der Waals surface area contributed by atoms with E-state index < -0.39 is 15.8 Å². The zero-order valence-electron chi connectivity index (χ0n) is 13.3. The van der Waals surface area contributed by atoms with Gasteiger partial charge in [-0.1, -0.05) is 23.2 Å². The standard InChI is InChI=1S/C16H13ClFN3O3S2/c17-12-7-11(4-5-13(12)18)21-26(22,23)14-6-10(8-25-14)15-19-16(24-20-15)9-2-1-3-9/h4-9,21H,1-3H2. The summed E-state index contributed by atoms with van der Waals surface area (Å²) in [6, 6.07) is 5.10. The summed E-state index contributed by atoms with van der Waals surface area (Å²) in [5.41, 5.74) is 0.750. The van der Waals surface area contributed by atoms with Crippen LogP contribution in [0.3, 0.4) is 0 Å². The third-order valence-corrected chi connectivity index (χ3v) is 7.28. The van der Waals surface area contributed by atoms with Crippen molar-refractivity contribution in [3.8, 4) is 11.4 Å². The number of sulfonamides is 1. The quantitative estimate of drug-likeness (QED) is 0.657. The minimum atomic E-state index is -3.83. The first-order chi connectivity index (χ1) is 12.4. The Kier molecular flexibility index (Phi) is 4.45. The molecule has 6 nitrogen and oxygen atoms in total. The Hall–Kier alpha value is -1.97. The number of hydrogen-bond donors (Lipinski definition) is 1. The molecule has 0 radical (unpaired) electrons. The maximum Gasteiger partial charge on any atom is 0.271 e. The molecule has 26 heavy (non-hydrogen) atoms.